The Bertz CT molecular complexity index is 1360. The predicted octanol–water partition coefficient (Wildman–Crippen LogP) is 5.79. The summed E-state index contributed by atoms with van der Waals surface area (Å²) in [7, 11) is -4.85. The van der Waals surface area contributed by atoms with Crippen molar-refractivity contribution in [1.82, 2.24) is 0 Å². The summed E-state index contributed by atoms with van der Waals surface area (Å²) in [5, 5.41) is -0.163. The maximum Gasteiger partial charge on any atom is 0.397 e. The SMILES string of the molecule is O=C(COc1ccc(Cl)c(F)c1)CC12CCC(CC(=O)COc3ccc(Cl)c(F)c3)(CC1)[C@@H](OS(=O)(=O)O)C2. The summed E-state index contributed by atoms with van der Waals surface area (Å²) in [5.41, 5.74) is -1.49. The fraction of sp³-hybridized carbons (Fsp3) is 0.462. The molecule has 0 aliphatic heterocycles. The van der Waals surface area contributed by atoms with Crippen molar-refractivity contribution in [3.05, 3.63) is 58.1 Å². The third kappa shape index (κ3) is 7.46. The number of hydrogen-bond donors (Lipinski definition) is 1. The van der Waals surface area contributed by atoms with Gasteiger partial charge in [-0.05, 0) is 61.8 Å². The van der Waals surface area contributed by atoms with Gasteiger partial charge >= 0.3 is 10.4 Å². The van der Waals surface area contributed by atoms with Crippen molar-refractivity contribution in [3.63, 3.8) is 0 Å². The third-order valence-electron chi connectivity index (χ3n) is 7.55. The predicted molar refractivity (Wildman–Crippen MR) is 137 cm³/mol. The fourth-order valence-electron chi connectivity index (χ4n) is 5.61. The number of fused-ring (bicyclic) bond motifs is 3. The zero-order chi connectivity index (χ0) is 28.4. The molecule has 0 aromatic heterocycles. The standard InChI is InChI=1S/C26H26Cl2F2O8S/c27-20-3-1-18(9-22(20)29)36-14-16(31)11-25-5-7-26(8-6-25,24(13-25)38-39(33,34)35)12-17(32)15-37-19-2-4-21(28)23(30)10-19/h1-4,9-10,24H,5-8,11-15H2,(H,33,34,35)/t24-,25?,26?/m0/s1. The van der Waals surface area contributed by atoms with E-state index in [1.165, 1.54) is 24.3 Å². The Morgan fingerprint density at radius 1 is 0.872 bits per heavy atom. The van der Waals surface area contributed by atoms with Gasteiger partial charge < -0.3 is 9.47 Å². The van der Waals surface area contributed by atoms with Gasteiger partial charge in [-0.3, -0.25) is 14.1 Å². The van der Waals surface area contributed by atoms with Crippen LogP contribution in [0.3, 0.4) is 0 Å². The molecule has 3 saturated carbocycles. The van der Waals surface area contributed by atoms with Gasteiger partial charge in [-0.25, -0.2) is 13.0 Å². The number of ether oxygens (including phenoxy) is 2. The first kappa shape index (κ1) is 29.7. The first-order valence-electron chi connectivity index (χ1n) is 12.1. The summed E-state index contributed by atoms with van der Waals surface area (Å²) in [6.45, 7) is -0.702. The molecule has 0 amide bonds. The van der Waals surface area contributed by atoms with E-state index in [4.69, 9.17) is 36.9 Å². The number of rotatable bonds is 12. The molecule has 3 aliphatic carbocycles. The first-order chi connectivity index (χ1) is 18.3. The second-order valence-electron chi connectivity index (χ2n) is 10.2. The molecule has 2 bridgehead atoms. The number of carbonyl (C=O) groups is 2. The van der Waals surface area contributed by atoms with E-state index in [9.17, 15) is 31.3 Å². The minimum Gasteiger partial charge on any atom is -0.486 e. The largest absolute Gasteiger partial charge is 0.486 e. The van der Waals surface area contributed by atoms with Crippen molar-refractivity contribution in [3.8, 4) is 11.5 Å². The van der Waals surface area contributed by atoms with Crippen LogP contribution >= 0.6 is 23.2 Å². The normalized spacial score (nSPS) is 24.4. The molecule has 2 aromatic carbocycles. The Morgan fingerprint density at radius 3 is 1.82 bits per heavy atom. The van der Waals surface area contributed by atoms with Crippen LogP contribution in [0, 0.1) is 22.5 Å². The van der Waals surface area contributed by atoms with Gasteiger partial charge in [0.05, 0.1) is 16.1 Å². The Labute approximate surface area is 234 Å². The lowest BCUT2D eigenvalue weighted by Gasteiger charge is -2.56. The van der Waals surface area contributed by atoms with Gasteiger partial charge in [0.25, 0.3) is 0 Å². The second kappa shape index (κ2) is 11.7. The highest BCUT2D eigenvalue weighted by Crippen LogP contribution is 2.61. The average molecular weight is 607 g/mol. The van der Waals surface area contributed by atoms with Crippen LogP contribution in [0.1, 0.15) is 44.9 Å². The molecule has 1 N–H and O–H groups in total. The second-order valence-corrected chi connectivity index (χ2v) is 12.1. The zero-order valence-electron chi connectivity index (χ0n) is 20.6. The van der Waals surface area contributed by atoms with E-state index in [0.717, 1.165) is 12.1 Å². The summed E-state index contributed by atoms with van der Waals surface area (Å²) in [6.07, 6.45) is 0.876. The van der Waals surface area contributed by atoms with Crippen molar-refractivity contribution >= 4 is 45.2 Å². The van der Waals surface area contributed by atoms with E-state index in [0.29, 0.717) is 25.7 Å². The number of benzene rings is 2. The molecule has 39 heavy (non-hydrogen) atoms. The first-order valence-corrected chi connectivity index (χ1v) is 14.3. The van der Waals surface area contributed by atoms with Gasteiger partial charge in [0.2, 0.25) is 0 Å². The lowest BCUT2D eigenvalue weighted by Crippen LogP contribution is -2.54. The number of hydrogen-bond acceptors (Lipinski definition) is 7. The summed E-state index contributed by atoms with van der Waals surface area (Å²) < 4.78 is 75.9. The highest BCUT2D eigenvalue weighted by Gasteiger charge is 2.57. The molecule has 0 unspecified atom stereocenters. The molecular weight excluding hydrogens is 581 g/mol. The monoisotopic (exact) mass is 606 g/mol. The lowest BCUT2D eigenvalue weighted by atomic mass is 9.50. The average Bonchev–Trinajstić information content (AvgIpc) is 2.85. The van der Waals surface area contributed by atoms with E-state index in [1.54, 1.807) is 0 Å². The van der Waals surface area contributed by atoms with Crippen LogP contribution < -0.4 is 9.47 Å². The lowest BCUT2D eigenvalue weighted by molar-refractivity contribution is -0.145. The molecule has 2 aromatic rings. The van der Waals surface area contributed by atoms with Crippen molar-refractivity contribution in [1.29, 1.82) is 0 Å². The van der Waals surface area contributed by atoms with E-state index in [-0.39, 0.29) is 65.6 Å². The Kier molecular flexibility index (Phi) is 8.87. The molecular formula is C26H26Cl2F2O8S. The van der Waals surface area contributed by atoms with Crippen molar-refractivity contribution in [2.45, 2.75) is 51.0 Å². The molecule has 5 rings (SSSR count). The van der Waals surface area contributed by atoms with E-state index in [1.807, 2.05) is 0 Å². The van der Waals surface area contributed by atoms with Gasteiger partial charge in [0.1, 0.15) is 36.3 Å². The van der Waals surface area contributed by atoms with Gasteiger partial charge in [-0.2, -0.15) is 8.42 Å². The number of ketones is 2. The van der Waals surface area contributed by atoms with Gasteiger partial charge in [-0.1, -0.05) is 23.2 Å². The summed E-state index contributed by atoms with van der Waals surface area (Å²) in [5.74, 6) is -1.75. The number of halogens is 4. The smallest absolute Gasteiger partial charge is 0.397 e. The Hall–Kier alpha value is -2.31. The molecule has 3 fully saturated rings. The molecule has 0 spiro atoms. The summed E-state index contributed by atoms with van der Waals surface area (Å²) in [4.78, 5) is 25.6. The van der Waals surface area contributed by atoms with Gasteiger partial charge in [0, 0.05) is 30.4 Å². The van der Waals surface area contributed by atoms with Crippen LogP contribution in [0.25, 0.3) is 0 Å². The van der Waals surface area contributed by atoms with Crippen LogP contribution in [0.2, 0.25) is 10.0 Å². The van der Waals surface area contributed by atoms with Crippen LogP contribution in [-0.2, 0) is 24.2 Å². The quantitative estimate of drug-likeness (QED) is 0.302. The molecule has 0 radical (unpaired) electrons. The van der Waals surface area contributed by atoms with Crippen molar-refractivity contribution < 1.29 is 45.0 Å². The van der Waals surface area contributed by atoms with E-state index in [2.05, 4.69) is 0 Å². The molecule has 0 saturated heterocycles. The third-order valence-corrected chi connectivity index (χ3v) is 8.64. The molecule has 13 heteroatoms. The van der Waals surface area contributed by atoms with E-state index >= 15 is 0 Å². The highest BCUT2D eigenvalue weighted by molar-refractivity contribution is 7.80. The van der Waals surface area contributed by atoms with Crippen LogP contribution in [-0.4, -0.2) is 43.9 Å². The molecule has 212 valence electrons. The minimum atomic E-state index is -4.85. The van der Waals surface area contributed by atoms with Crippen LogP contribution in [0.5, 0.6) is 11.5 Å². The van der Waals surface area contributed by atoms with E-state index < -0.39 is 39.0 Å². The zero-order valence-corrected chi connectivity index (χ0v) is 23.0. The number of carbonyl (C=O) groups excluding carboxylic acids is 2. The maximum atomic E-state index is 13.7. The van der Waals surface area contributed by atoms with Gasteiger partial charge in [0.15, 0.2) is 11.6 Å². The molecule has 1 atom stereocenters. The fourth-order valence-corrected chi connectivity index (χ4v) is 6.41. The van der Waals surface area contributed by atoms with Crippen molar-refractivity contribution in [2.75, 3.05) is 13.2 Å². The number of Topliss-reactive ketones (excluding diaryl/α,β-unsaturated/α-hetero) is 2. The van der Waals surface area contributed by atoms with Gasteiger partial charge in [-0.15, -0.1) is 0 Å². The Morgan fingerprint density at radius 2 is 1.36 bits per heavy atom. The highest BCUT2D eigenvalue weighted by atomic mass is 35.5. The molecule has 3 aliphatic rings. The van der Waals surface area contributed by atoms with Crippen LogP contribution in [0.4, 0.5) is 8.78 Å². The minimum absolute atomic E-state index is 0.0592. The summed E-state index contributed by atoms with van der Waals surface area (Å²) in [6, 6.07) is 7.59. The molecule has 0 heterocycles. The summed E-state index contributed by atoms with van der Waals surface area (Å²) >= 11 is 11.3. The Balaban J connectivity index is 1.39. The van der Waals surface area contributed by atoms with Crippen LogP contribution in [0.15, 0.2) is 36.4 Å². The molecule has 8 nitrogen and oxygen atoms in total. The maximum absolute atomic E-state index is 13.7. The topological polar surface area (TPSA) is 116 Å². The van der Waals surface area contributed by atoms with Crippen molar-refractivity contribution in [2.24, 2.45) is 10.8 Å².